The minimum absolute atomic E-state index is 0.112. The van der Waals surface area contributed by atoms with E-state index in [1.165, 1.54) is 0 Å². The third kappa shape index (κ3) is 5.11. The summed E-state index contributed by atoms with van der Waals surface area (Å²) in [5.74, 6) is 1.05. The molecule has 0 spiro atoms. The van der Waals surface area contributed by atoms with E-state index in [0.717, 1.165) is 40.7 Å². The van der Waals surface area contributed by atoms with Crippen molar-refractivity contribution in [2.75, 3.05) is 0 Å². The third-order valence-corrected chi connectivity index (χ3v) is 12.6. The average molecular weight is 516 g/mol. The van der Waals surface area contributed by atoms with Gasteiger partial charge < -0.3 is 15.3 Å². The number of nitrogens with two attached hydrogens (primary N) is 1. The van der Waals surface area contributed by atoms with Gasteiger partial charge in [-0.05, 0) is 67.2 Å². The molecule has 1 saturated carbocycles. The highest BCUT2D eigenvalue weighted by molar-refractivity contribution is 6.74. The van der Waals surface area contributed by atoms with Crippen molar-refractivity contribution in [2.45, 2.75) is 70.5 Å². The fraction of sp³-hybridized carbons (Fsp3) is 0.414. The molecule has 7 nitrogen and oxygen atoms in total. The summed E-state index contributed by atoms with van der Waals surface area (Å²) in [5, 5.41) is 15.2. The summed E-state index contributed by atoms with van der Waals surface area (Å²) in [6, 6.07) is 17.7. The van der Waals surface area contributed by atoms with Gasteiger partial charge in [0.05, 0.1) is 41.4 Å². The Morgan fingerprint density at radius 3 is 2.57 bits per heavy atom. The maximum atomic E-state index is 9.48. The summed E-state index contributed by atoms with van der Waals surface area (Å²) in [6.07, 6.45) is 4.11. The number of hydrogen-bond donors (Lipinski definition) is 2. The topological polar surface area (TPSA) is 99.1 Å². The molecule has 3 heterocycles. The summed E-state index contributed by atoms with van der Waals surface area (Å²) in [6.45, 7) is 11.4. The normalized spacial score (nSPS) is 19.1. The van der Waals surface area contributed by atoms with Crippen LogP contribution in [0, 0.1) is 5.92 Å². The fourth-order valence-corrected chi connectivity index (χ4v) is 6.04. The maximum absolute atomic E-state index is 9.48. The molecule has 1 aliphatic rings. The molecular formula is C29H37N5O2Si. The number of pyridine rings is 2. The lowest BCUT2D eigenvalue weighted by Gasteiger charge is -2.46. The van der Waals surface area contributed by atoms with Gasteiger partial charge >= 0.3 is 0 Å². The van der Waals surface area contributed by atoms with Gasteiger partial charge in [-0.1, -0.05) is 45.0 Å². The Hall–Kier alpha value is -2.91. The molecule has 4 aromatic rings. The van der Waals surface area contributed by atoms with Crippen molar-refractivity contribution in [3.63, 3.8) is 0 Å². The smallest absolute Gasteiger partial charge is 0.192 e. The molecule has 5 rings (SSSR count). The Morgan fingerprint density at radius 2 is 1.84 bits per heavy atom. The van der Waals surface area contributed by atoms with Crippen LogP contribution >= 0.6 is 0 Å². The van der Waals surface area contributed by atoms with Crippen molar-refractivity contribution in [3.8, 4) is 17.1 Å². The lowest BCUT2D eigenvalue weighted by atomic mass is 9.76. The van der Waals surface area contributed by atoms with E-state index in [-0.39, 0.29) is 17.7 Å². The first-order chi connectivity index (χ1) is 17.6. The number of fused-ring (bicyclic) bond motifs is 1. The van der Waals surface area contributed by atoms with Gasteiger partial charge in [0, 0.05) is 17.1 Å². The summed E-state index contributed by atoms with van der Waals surface area (Å²) in [5.41, 5.74) is 11.0. The number of nitrogens with zero attached hydrogens (tertiary/aromatic N) is 4. The van der Waals surface area contributed by atoms with E-state index in [1.54, 1.807) is 10.7 Å². The first kappa shape index (κ1) is 25.7. The largest absolute Gasteiger partial charge is 0.414 e. The van der Waals surface area contributed by atoms with Gasteiger partial charge in [-0.25, -0.2) is 9.67 Å². The third-order valence-electron chi connectivity index (χ3n) is 8.06. The Bertz CT molecular complexity index is 1400. The lowest BCUT2D eigenvalue weighted by molar-refractivity contribution is 0.0395. The summed E-state index contributed by atoms with van der Waals surface area (Å²) in [4.78, 5) is 9.48. The van der Waals surface area contributed by atoms with E-state index >= 15 is 0 Å². The van der Waals surface area contributed by atoms with Crippen LogP contribution in [0.5, 0.6) is 0 Å². The second-order valence-electron chi connectivity index (χ2n) is 11.7. The molecule has 0 bridgehead atoms. The van der Waals surface area contributed by atoms with Gasteiger partial charge in [0.15, 0.2) is 14.1 Å². The van der Waals surface area contributed by atoms with E-state index in [0.29, 0.717) is 23.5 Å². The van der Waals surface area contributed by atoms with Crippen molar-refractivity contribution < 1.29 is 9.53 Å². The summed E-state index contributed by atoms with van der Waals surface area (Å²) < 4.78 is 8.37. The predicted molar refractivity (Wildman–Crippen MR) is 150 cm³/mol. The number of hydrogen-bond acceptors (Lipinski definition) is 6. The highest BCUT2D eigenvalue weighted by Crippen LogP contribution is 2.44. The molecule has 0 unspecified atom stereocenters. The summed E-state index contributed by atoms with van der Waals surface area (Å²) >= 11 is 0. The molecule has 0 amide bonds. The Kier molecular flexibility index (Phi) is 6.78. The van der Waals surface area contributed by atoms with Crippen LogP contribution in [-0.2, 0) is 11.0 Å². The minimum Gasteiger partial charge on any atom is -0.414 e. The average Bonchev–Trinajstić information content (AvgIpc) is 3.28. The van der Waals surface area contributed by atoms with Crippen LogP contribution in [0.3, 0.4) is 0 Å². The molecule has 0 aliphatic heterocycles. The number of benzene rings is 1. The zero-order chi connectivity index (χ0) is 26.4. The van der Waals surface area contributed by atoms with Crippen molar-refractivity contribution in [1.29, 1.82) is 0 Å². The Balaban J connectivity index is 1.35. The fourth-order valence-electron chi connectivity index (χ4n) is 4.66. The van der Waals surface area contributed by atoms with Crippen LogP contribution in [0.4, 0.5) is 0 Å². The van der Waals surface area contributed by atoms with E-state index < -0.39 is 8.32 Å². The molecule has 3 N–H and O–H groups in total. The van der Waals surface area contributed by atoms with Gasteiger partial charge in [-0.15, -0.1) is 0 Å². The molecule has 37 heavy (non-hydrogen) atoms. The molecule has 1 aliphatic carbocycles. The number of aromatic nitrogens is 4. The second-order valence-corrected chi connectivity index (χ2v) is 16.4. The zero-order valence-corrected chi connectivity index (χ0v) is 23.3. The van der Waals surface area contributed by atoms with Crippen LogP contribution in [0.1, 0.15) is 51.0 Å². The van der Waals surface area contributed by atoms with E-state index in [2.05, 4.69) is 56.1 Å². The van der Waals surface area contributed by atoms with Gasteiger partial charge in [0.1, 0.15) is 0 Å². The lowest BCUT2D eigenvalue weighted by Crippen LogP contribution is -2.49. The van der Waals surface area contributed by atoms with Crippen LogP contribution in [-0.4, -0.2) is 39.3 Å². The zero-order valence-electron chi connectivity index (χ0n) is 22.3. The second kappa shape index (κ2) is 9.76. The monoisotopic (exact) mass is 515 g/mol. The molecule has 0 saturated heterocycles. The first-order valence-corrected chi connectivity index (χ1v) is 15.9. The molecule has 8 heteroatoms. The van der Waals surface area contributed by atoms with Gasteiger partial charge in [-0.3, -0.25) is 4.98 Å². The van der Waals surface area contributed by atoms with E-state index in [1.807, 2.05) is 42.6 Å². The van der Waals surface area contributed by atoms with Crippen LogP contribution in [0.15, 0.2) is 60.8 Å². The number of rotatable bonds is 7. The minimum atomic E-state index is -1.77. The molecule has 1 fully saturated rings. The number of aliphatic hydroxyl groups excluding tert-OH is 1. The van der Waals surface area contributed by atoms with Crippen molar-refractivity contribution in [3.05, 3.63) is 72.2 Å². The number of aliphatic hydroxyl groups is 1. The van der Waals surface area contributed by atoms with E-state index in [4.69, 9.17) is 15.1 Å². The Labute approximate surface area is 219 Å². The van der Waals surface area contributed by atoms with Crippen molar-refractivity contribution >= 4 is 19.2 Å². The standard InChI is InChI=1S/C29H37N5O2Si/c1-29(2,3)37(4,5)36-23-14-21(15-23)28(30)25-10-7-9-24(33-25)19-12-13-20-17-31-34(26(20)16-19)27-11-6-8-22(18-35)32-27/h6-13,16-17,21,23,28,35H,14-15,18,30H2,1-5H3/t21-,23+,28-/m1/s1. The maximum Gasteiger partial charge on any atom is 0.192 e. The van der Waals surface area contributed by atoms with Crippen molar-refractivity contribution in [2.24, 2.45) is 11.7 Å². The molecule has 194 valence electrons. The SMILES string of the molecule is CC(C)(C)[Si](C)(C)O[C@H]1C[C@@H]([C@@H](N)c2cccc(-c3ccc4cnn(-c5cccc(CO)n5)c4c3)n2)C1. The summed E-state index contributed by atoms with van der Waals surface area (Å²) in [7, 11) is -1.77. The molecule has 1 aromatic carbocycles. The van der Waals surface area contributed by atoms with Crippen LogP contribution in [0.25, 0.3) is 28.0 Å². The van der Waals surface area contributed by atoms with Gasteiger partial charge in [0.2, 0.25) is 0 Å². The first-order valence-electron chi connectivity index (χ1n) is 13.0. The molecular weight excluding hydrogens is 478 g/mol. The highest BCUT2D eigenvalue weighted by Gasteiger charge is 2.43. The van der Waals surface area contributed by atoms with Gasteiger partial charge in [0.25, 0.3) is 0 Å². The quantitative estimate of drug-likeness (QED) is 0.303. The Morgan fingerprint density at radius 1 is 1.08 bits per heavy atom. The van der Waals surface area contributed by atoms with E-state index in [9.17, 15) is 5.11 Å². The predicted octanol–water partition coefficient (Wildman–Crippen LogP) is 5.78. The molecule has 1 atom stereocenters. The highest BCUT2D eigenvalue weighted by atomic mass is 28.4. The van der Waals surface area contributed by atoms with Gasteiger partial charge in [-0.2, -0.15) is 5.10 Å². The van der Waals surface area contributed by atoms with Crippen LogP contribution in [0.2, 0.25) is 18.1 Å². The molecule has 3 aromatic heterocycles. The van der Waals surface area contributed by atoms with Crippen LogP contribution < -0.4 is 5.73 Å². The van der Waals surface area contributed by atoms with Crippen molar-refractivity contribution in [1.82, 2.24) is 19.7 Å². The molecule has 0 radical (unpaired) electrons.